The number of amides is 1. The number of hydrogen-bond acceptors (Lipinski definition) is 4. The largest absolute Gasteiger partial charge is 0.497 e. The lowest BCUT2D eigenvalue weighted by Gasteiger charge is -2.10. The lowest BCUT2D eigenvalue weighted by molar-refractivity contribution is 0.0935. The molecule has 1 heterocycles. The summed E-state index contributed by atoms with van der Waals surface area (Å²) in [6.07, 6.45) is 0. The Morgan fingerprint density at radius 1 is 1.07 bits per heavy atom. The molecule has 0 saturated carbocycles. The summed E-state index contributed by atoms with van der Waals surface area (Å²) in [5.74, 6) is 0.585. The van der Waals surface area contributed by atoms with E-state index in [0.29, 0.717) is 34.1 Å². The van der Waals surface area contributed by atoms with Crippen molar-refractivity contribution in [1.82, 2.24) is 15.1 Å². The van der Waals surface area contributed by atoms with Crippen LogP contribution >= 0.6 is 0 Å². The Labute approximate surface area is 162 Å². The van der Waals surface area contributed by atoms with Crippen LogP contribution in [0.4, 0.5) is 4.39 Å². The lowest BCUT2D eigenvalue weighted by Crippen LogP contribution is -2.31. The number of rotatable bonds is 6. The Hall–Kier alpha value is -3.35. The Morgan fingerprint density at radius 2 is 1.79 bits per heavy atom. The SMILES string of the molecule is COc1ccc(-c2cc(C(=O)NC(C)C)n(-c3ccc(F)cc3)n2)c(OC)c1. The highest BCUT2D eigenvalue weighted by Gasteiger charge is 2.20. The van der Waals surface area contributed by atoms with E-state index in [4.69, 9.17) is 9.47 Å². The highest BCUT2D eigenvalue weighted by molar-refractivity contribution is 5.94. The maximum absolute atomic E-state index is 13.3. The summed E-state index contributed by atoms with van der Waals surface area (Å²) in [6.45, 7) is 3.76. The lowest BCUT2D eigenvalue weighted by atomic mass is 10.1. The number of benzene rings is 2. The summed E-state index contributed by atoms with van der Waals surface area (Å²) in [5, 5.41) is 7.45. The monoisotopic (exact) mass is 383 g/mol. The zero-order chi connectivity index (χ0) is 20.3. The number of nitrogens with zero attached hydrogens (tertiary/aromatic N) is 2. The molecule has 28 heavy (non-hydrogen) atoms. The first-order valence-electron chi connectivity index (χ1n) is 8.82. The fourth-order valence-corrected chi connectivity index (χ4v) is 2.80. The van der Waals surface area contributed by atoms with Gasteiger partial charge in [0.05, 0.1) is 25.6 Å². The van der Waals surface area contributed by atoms with E-state index in [1.54, 1.807) is 44.6 Å². The van der Waals surface area contributed by atoms with Crippen molar-refractivity contribution in [1.29, 1.82) is 0 Å². The summed E-state index contributed by atoms with van der Waals surface area (Å²) in [7, 11) is 3.13. The first kappa shape index (κ1) is 19.4. The molecule has 1 N–H and O–H groups in total. The zero-order valence-corrected chi connectivity index (χ0v) is 16.2. The third-order valence-electron chi connectivity index (χ3n) is 4.12. The smallest absolute Gasteiger partial charge is 0.270 e. The zero-order valence-electron chi connectivity index (χ0n) is 16.2. The normalized spacial score (nSPS) is 10.8. The number of hydrogen-bond donors (Lipinski definition) is 1. The quantitative estimate of drug-likeness (QED) is 0.703. The first-order valence-corrected chi connectivity index (χ1v) is 8.82. The van der Waals surface area contributed by atoms with Crippen molar-refractivity contribution in [2.24, 2.45) is 0 Å². The molecule has 0 fully saturated rings. The molecule has 0 aliphatic carbocycles. The third kappa shape index (κ3) is 3.98. The molecular formula is C21H22FN3O3. The Morgan fingerprint density at radius 3 is 2.39 bits per heavy atom. The third-order valence-corrected chi connectivity index (χ3v) is 4.12. The van der Waals surface area contributed by atoms with E-state index in [-0.39, 0.29) is 17.8 Å². The molecule has 1 amide bonds. The van der Waals surface area contributed by atoms with Gasteiger partial charge in [-0.05, 0) is 56.3 Å². The van der Waals surface area contributed by atoms with Gasteiger partial charge in [-0.1, -0.05) is 0 Å². The van der Waals surface area contributed by atoms with Crippen molar-refractivity contribution in [2.75, 3.05) is 14.2 Å². The van der Waals surface area contributed by atoms with Gasteiger partial charge in [0.2, 0.25) is 0 Å². The highest BCUT2D eigenvalue weighted by Crippen LogP contribution is 2.33. The van der Waals surface area contributed by atoms with Gasteiger partial charge in [0.15, 0.2) is 0 Å². The molecule has 0 aliphatic rings. The van der Waals surface area contributed by atoms with Gasteiger partial charge >= 0.3 is 0 Å². The van der Waals surface area contributed by atoms with Crippen molar-refractivity contribution in [3.05, 3.63) is 60.0 Å². The molecule has 0 radical (unpaired) electrons. The molecular weight excluding hydrogens is 361 g/mol. The molecule has 0 atom stereocenters. The van der Waals surface area contributed by atoms with Crippen LogP contribution in [-0.4, -0.2) is 35.9 Å². The number of nitrogens with one attached hydrogen (secondary N) is 1. The summed E-state index contributed by atoms with van der Waals surface area (Å²) >= 11 is 0. The minimum atomic E-state index is -0.360. The van der Waals surface area contributed by atoms with Crippen LogP contribution in [0.2, 0.25) is 0 Å². The molecule has 0 spiro atoms. The molecule has 0 saturated heterocycles. The standard InChI is InChI=1S/C21H22FN3O3/c1-13(2)23-21(26)19-12-18(17-10-9-16(27-3)11-20(17)28-4)24-25(19)15-7-5-14(22)6-8-15/h5-13H,1-4H3,(H,23,26). The average Bonchev–Trinajstić information content (AvgIpc) is 3.12. The minimum Gasteiger partial charge on any atom is -0.497 e. The van der Waals surface area contributed by atoms with Gasteiger partial charge < -0.3 is 14.8 Å². The van der Waals surface area contributed by atoms with Crippen LogP contribution < -0.4 is 14.8 Å². The van der Waals surface area contributed by atoms with Gasteiger partial charge in [-0.2, -0.15) is 5.10 Å². The van der Waals surface area contributed by atoms with Gasteiger partial charge in [-0.15, -0.1) is 0 Å². The Kier molecular flexibility index (Phi) is 5.63. The summed E-state index contributed by atoms with van der Waals surface area (Å²) in [5.41, 5.74) is 2.18. The number of halogens is 1. The van der Waals surface area contributed by atoms with Crippen LogP contribution in [0.5, 0.6) is 11.5 Å². The molecule has 146 valence electrons. The molecule has 7 heteroatoms. The summed E-state index contributed by atoms with van der Waals surface area (Å²) in [4.78, 5) is 12.7. The summed E-state index contributed by atoms with van der Waals surface area (Å²) in [6, 6.07) is 12.8. The molecule has 0 unspecified atom stereocenters. The number of carbonyl (C=O) groups is 1. The Bertz CT molecular complexity index is 981. The van der Waals surface area contributed by atoms with Crippen molar-refractivity contribution in [3.63, 3.8) is 0 Å². The second kappa shape index (κ2) is 8.12. The highest BCUT2D eigenvalue weighted by atomic mass is 19.1. The first-order chi connectivity index (χ1) is 13.4. The van der Waals surface area contributed by atoms with Gasteiger partial charge in [0.1, 0.15) is 23.0 Å². The molecule has 1 aromatic heterocycles. The fourth-order valence-electron chi connectivity index (χ4n) is 2.80. The number of aromatic nitrogens is 2. The number of methoxy groups -OCH3 is 2. The second-order valence-corrected chi connectivity index (χ2v) is 6.50. The average molecular weight is 383 g/mol. The van der Waals surface area contributed by atoms with Gasteiger partial charge in [-0.25, -0.2) is 9.07 Å². The van der Waals surface area contributed by atoms with Gasteiger partial charge in [-0.3, -0.25) is 4.79 Å². The van der Waals surface area contributed by atoms with Crippen molar-refractivity contribution < 1.29 is 18.7 Å². The van der Waals surface area contributed by atoms with E-state index in [0.717, 1.165) is 0 Å². The van der Waals surface area contributed by atoms with E-state index in [1.165, 1.54) is 16.8 Å². The van der Waals surface area contributed by atoms with Gasteiger partial charge in [0, 0.05) is 17.7 Å². The van der Waals surface area contributed by atoms with Crippen molar-refractivity contribution in [3.8, 4) is 28.4 Å². The van der Waals surface area contributed by atoms with Crippen LogP contribution in [0.1, 0.15) is 24.3 Å². The molecule has 3 aromatic rings. The predicted molar refractivity (Wildman–Crippen MR) is 105 cm³/mol. The van der Waals surface area contributed by atoms with Crippen LogP contribution in [0.15, 0.2) is 48.5 Å². The van der Waals surface area contributed by atoms with E-state index in [2.05, 4.69) is 10.4 Å². The molecule has 0 bridgehead atoms. The molecule has 0 aliphatic heterocycles. The van der Waals surface area contributed by atoms with Gasteiger partial charge in [0.25, 0.3) is 5.91 Å². The molecule has 6 nitrogen and oxygen atoms in total. The van der Waals surface area contributed by atoms with Crippen LogP contribution in [0, 0.1) is 5.82 Å². The maximum atomic E-state index is 13.3. The number of carbonyl (C=O) groups excluding carboxylic acids is 1. The summed E-state index contributed by atoms with van der Waals surface area (Å²) < 4.78 is 25.5. The topological polar surface area (TPSA) is 65.4 Å². The van der Waals surface area contributed by atoms with E-state index in [9.17, 15) is 9.18 Å². The fraction of sp³-hybridized carbons (Fsp3) is 0.238. The molecule has 2 aromatic carbocycles. The molecule has 3 rings (SSSR count). The van der Waals surface area contributed by atoms with E-state index < -0.39 is 0 Å². The van der Waals surface area contributed by atoms with Crippen LogP contribution in [-0.2, 0) is 0 Å². The Balaban J connectivity index is 2.14. The predicted octanol–water partition coefficient (Wildman–Crippen LogP) is 3.83. The maximum Gasteiger partial charge on any atom is 0.270 e. The second-order valence-electron chi connectivity index (χ2n) is 6.50. The van der Waals surface area contributed by atoms with Crippen LogP contribution in [0.25, 0.3) is 16.9 Å². The van der Waals surface area contributed by atoms with Crippen molar-refractivity contribution >= 4 is 5.91 Å². The van der Waals surface area contributed by atoms with E-state index >= 15 is 0 Å². The minimum absolute atomic E-state index is 0.0389. The van der Waals surface area contributed by atoms with Crippen LogP contribution in [0.3, 0.4) is 0 Å². The van der Waals surface area contributed by atoms with Crippen molar-refractivity contribution in [2.45, 2.75) is 19.9 Å². The van der Waals surface area contributed by atoms with E-state index in [1.807, 2.05) is 19.9 Å². The number of ether oxygens (including phenoxy) is 2.